The highest BCUT2D eigenvalue weighted by Crippen LogP contribution is 2.21. The minimum Gasteiger partial charge on any atom is -0.481 e. The van der Waals surface area contributed by atoms with E-state index in [4.69, 9.17) is 5.11 Å². The SMILES string of the molecule is CC(C)C(C)(CC(=O)O)NC(=O)C/C=C/c1ccc(F)cc1. The Morgan fingerprint density at radius 3 is 2.41 bits per heavy atom. The molecule has 1 aromatic rings. The molecule has 1 atom stereocenters. The number of carbonyl (C=O) groups excluding carboxylic acids is 1. The molecule has 0 spiro atoms. The first kappa shape index (κ1) is 17.9. The maximum atomic E-state index is 12.8. The van der Waals surface area contributed by atoms with Crippen molar-refractivity contribution in [2.75, 3.05) is 0 Å². The van der Waals surface area contributed by atoms with Gasteiger partial charge in [-0.05, 0) is 30.5 Å². The predicted molar refractivity (Wildman–Crippen MR) is 83.7 cm³/mol. The van der Waals surface area contributed by atoms with Crippen molar-refractivity contribution in [3.63, 3.8) is 0 Å². The van der Waals surface area contributed by atoms with Crippen molar-refractivity contribution in [1.82, 2.24) is 5.32 Å². The average molecular weight is 307 g/mol. The summed E-state index contributed by atoms with van der Waals surface area (Å²) in [6, 6.07) is 5.93. The minimum absolute atomic E-state index is 0.00590. The Labute approximate surface area is 130 Å². The second kappa shape index (κ2) is 7.73. The summed E-state index contributed by atoms with van der Waals surface area (Å²) in [6.45, 7) is 5.47. The quantitative estimate of drug-likeness (QED) is 0.812. The van der Waals surface area contributed by atoms with E-state index in [1.54, 1.807) is 31.2 Å². The van der Waals surface area contributed by atoms with E-state index in [-0.39, 0.29) is 30.5 Å². The Balaban J connectivity index is 2.60. The van der Waals surface area contributed by atoms with Crippen LogP contribution in [-0.4, -0.2) is 22.5 Å². The smallest absolute Gasteiger partial charge is 0.305 e. The summed E-state index contributed by atoms with van der Waals surface area (Å²) in [5.41, 5.74) is 0.0125. The van der Waals surface area contributed by atoms with E-state index in [2.05, 4.69) is 5.32 Å². The lowest BCUT2D eigenvalue weighted by Crippen LogP contribution is -2.51. The normalized spacial score (nSPS) is 14.0. The van der Waals surface area contributed by atoms with Crippen molar-refractivity contribution >= 4 is 18.0 Å². The van der Waals surface area contributed by atoms with Gasteiger partial charge < -0.3 is 10.4 Å². The standard InChI is InChI=1S/C17H22FNO3/c1-12(2)17(3,11-16(21)22)19-15(20)6-4-5-13-7-9-14(18)10-8-13/h4-5,7-10,12H,6,11H2,1-3H3,(H,19,20)(H,21,22)/b5-4+. The number of aliphatic carboxylic acids is 1. The lowest BCUT2D eigenvalue weighted by atomic mass is 9.85. The number of carboxylic acid groups (broad SMARTS) is 1. The van der Waals surface area contributed by atoms with Crippen LogP contribution < -0.4 is 5.32 Å². The molecule has 0 saturated carbocycles. The minimum atomic E-state index is -0.946. The molecule has 0 aliphatic rings. The Kier molecular flexibility index (Phi) is 6.28. The summed E-state index contributed by atoms with van der Waals surface area (Å²) < 4.78 is 12.8. The Hall–Kier alpha value is -2.17. The van der Waals surface area contributed by atoms with Crippen molar-refractivity contribution < 1.29 is 19.1 Å². The van der Waals surface area contributed by atoms with Gasteiger partial charge in [-0.15, -0.1) is 0 Å². The van der Waals surface area contributed by atoms with Crippen LogP contribution in [-0.2, 0) is 9.59 Å². The maximum Gasteiger partial charge on any atom is 0.305 e. The lowest BCUT2D eigenvalue weighted by molar-refractivity contribution is -0.139. The second-order valence-electron chi connectivity index (χ2n) is 5.85. The molecule has 0 aliphatic heterocycles. The highest BCUT2D eigenvalue weighted by atomic mass is 19.1. The van der Waals surface area contributed by atoms with Crippen molar-refractivity contribution in [2.45, 2.75) is 39.2 Å². The fourth-order valence-electron chi connectivity index (χ4n) is 1.95. The largest absolute Gasteiger partial charge is 0.481 e. The van der Waals surface area contributed by atoms with Gasteiger partial charge in [-0.25, -0.2) is 4.39 Å². The molecule has 0 bridgehead atoms. The van der Waals surface area contributed by atoms with Crippen molar-refractivity contribution in [3.8, 4) is 0 Å². The van der Waals surface area contributed by atoms with E-state index in [1.807, 2.05) is 13.8 Å². The van der Waals surface area contributed by atoms with Crippen LogP contribution in [0.15, 0.2) is 30.3 Å². The number of carbonyl (C=O) groups is 2. The van der Waals surface area contributed by atoms with E-state index < -0.39 is 11.5 Å². The third-order valence-electron chi connectivity index (χ3n) is 3.70. The van der Waals surface area contributed by atoms with E-state index in [0.717, 1.165) is 5.56 Å². The van der Waals surface area contributed by atoms with Gasteiger partial charge in [-0.2, -0.15) is 0 Å². The van der Waals surface area contributed by atoms with Gasteiger partial charge in [0.2, 0.25) is 5.91 Å². The molecule has 0 fully saturated rings. The van der Waals surface area contributed by atoms with Crippen molar-refractivity contribution in [3.05, 3.63) is 41.7 Å². The van der Waals surface area contributed by atoms with Gasteiger partial charge in [0.25, 0.3) is 0 Å². The number of hydrogen-bond donors (Lipinski definition) is 2. The zero-order chi connectivity index (χ0) is 16.8. The average Bonchev–Trinajstić information content (AvgIpc) is 2.39. The maximum absolute atomic E-state index is 12.8. The van der Waals surface area contributed by atoms with Gasteiger partial charge in [0, 0.05) is 12.0 Å². The molecular weight excluding hydrogens is 285 g/mol. The number of halogens is 1. The Bertz CT molecular complexity index is 552. The molecule has 0 aromatic heterocycles. The monoisotopic (exact) mass is 307 g/mol. The zero-order valence-corrected chi connectivity index (χ0v) is 13.1. The van der Waals surface area contributed by atoms with Crippen LogP contribution in [0.2, 0.25) is 0 Å². The van der Waals surface area contributed by atoms with Crippen LogP contribution in [0.3, 0.4) is 0 Å². The summed E-state index contributed by atoms with van der Waals surface area (Å²) in [7, 11) is 0. The van der Waals surface area contributed by atoms with Gasteiger partial charge in [-0.1, -0.05) is 38.1 Å². The van der Waals surface area contributed by atoms with Crippen LogP contribution in [0, 0.1) is 11.7 Å². The summed E-state index contributed by atoms with van der Waals surface area (Å²) in [4.78, 5) is 22.9. The first-order valence-corrected chi connectivity index (χ1v) is 7.18. The van der Waals surface area contributed by atoms with E-state index >= 15 is 0 Å². The summed E-state index contributed by atoms with van der Waals surface area (Å²) in [5.74, 6) is -1.50. The van der Waals surface area contributed by atoms with Crippen LogP contribution in [0.4, 0.5) is 4.39 Å². The number of hydrogen-bond acceptors (Lipinski definition) is 2. The molecule has 22 heavy (non-hydrogen) atoms. The van der Waals surface area contributed by atoms with E-state index in [9.17, 15) is 14.0 Å². The topological polar surface area (TPSA) is 66.4 Å². The van der Waals surface area contributed by atoms with Crippen molar-refractivity contribution in [2.24, 2.45) is 5.92 Å². The molecule has 2 N–H and O–H groups in total. The zero-order valence-electron chi connectivity index (χ0n) is 13.1. The number of carboxylic acids is 1. The second-order valence-corrected chi connectivity index (χ2v) is 5.85. The molecule has 5 heteroatoms. The first-order chi connectivity index (χ1) is 10.2. The van der Waals surface area contributed by atoms with Crippen molar-refractivity contribution in [1.29, 1.82) is 0 Å². The fraction of sp³-hybridized carbons (Fsp3) is 0.412. The molecule has 1 unspecified atom stereocenters. The molecule has 0 radical (unpaired) electrons. The van der Waals surface area contributed by atoms with Gasteiger partial charge >= 0.3 is 5.97 Å². The fourth-order valence-corrected chi connectivity index (χ4v) is 1.95. The number of nitrogens with one attached hydrogen (secondary N) is 1. The third-order valence-corrected chi connectivity index (χ3v) is 3.70. The van der Waals surface area contributed by atoms with Gasteiger partial charge in [0.1, 0.15) is 5.82 Å². The third kappa shape index (κ3) is 5.68. The van der Waals surface area contributed by atoms with E-state index in [1.165, 1.54) is 12.1 Å². The van der Waals surface area contributed by atoms with Crippen LogP contribution >= 0.6 is 0 Å². The van der Waals surface area contributed by atoms with E-state index in [0.29, 0.717) is 0 Å². The molecule has 1 amide bonds. The molecule has 0 heterocycles. The summed E-state index contributed by atoms with van der Waals surface area (Å²) in [5, 5.41) is 11.8. The van der Waals surface area contributed by atoms with Gasteiger partial charge in [0.05, 0.1) is 6.42 Å². The number of amides is 1. The van der Waals surface area contributed by atoms with Crippen LogP contribution in [0.1, 0.15) is 39.2 Å². The van der Waals surface area contributed by atoms with Gasteiger partial charge in [0.15, 0.2) is 0 Å². The summed E-state index contributed by atoms with van der Waals surface area (Å²) >= 11 is 0. The van der Waals surface area contributed by atoms with Crippen LogP contribution in [0.5, 0.6) is 0 Å². The molecule has 120 valence electrons. The first-order valence-electron chi connectivity index (χ1n) is 7.18. The molecule has 1 aromatic carbocycles. The molecular formula is C17H22FNO3. The highest BCUT2D eigenvalue weighted by molar-refractivity contribution is 5.80. The highest BCUT2D eigenvalue weighted by Gasteiger charge is 2.32. The lowest BCUT2D eigenvalue weighted by Gasteiger charge is -2.33. The molecule has 4 nitrogen and oxygen atoms in total. The number of rotatable bonds is 7. The number of benzene rings is 1. The summed E-state index contributed by atoms with van der Waals surface area (Å²) in [6.07, 6.45) is 3.41. The molecule has 0 saturated heterocycles. The molecule has 1 rings (SSSR count). The Morgan fingerprint density at radius 1 is 1.32 bits per heavy atom. The predicted octanol–water partition coefficient (Wildman–Crippen LogP) is 3.23. The van der Waals surface area contributed by atoms with Gasteiger partial charge in [-0.3, -0.25) is 9.59 Å². The van der Waals surface area contributed by atoms with Crippen LogP contribution in [0.25, 0.3) is 6.08 Å². The Morgan fingerprint density at radius 2 is 1.91 bits per heavy atom. The molecule has 0 aliphatic carbocycles.